The van der Waals surface area contributed by atoms with Crippen LogP contribution < -0.4 is 10.2 Å². The molecule has 9 heteroatoms. The molecule has 0 unspecified atom stereocenters. The van der Waals surface area contributed by atoms with Crippen LogP contribution in [0.5, 0.6) is 17.4 Å². The summed E-state index contributed by atoms with van der Waals surface area (Å²) in [7, 11) is 0. The predicted molar refractivity (Wildman–Crippen MR) is 117 cm³/mol. The highest BCUT2D eigenvalue weighted by Gasteiger charge is 2.36. The van der Waals surface area contributed by atoms with Crippen molar-refractivity contribution in [1.29, 1.82) is 0 Å². The molecule has 2 N–H and O–H groups in total. The third-order valence-electron chi connectivity index (χ3n) is 5.65. The number of carboxylic acids is 1. The van der Waals surface area contributed by atoms with E-state index < -0.39 is 11.9 Å². The van der Waals surface area contributed by atoms with E-state index in [-0.39, 0.29) is 23.2 Å². The normalized spacial score (nSPS) is 14.8. The molecule has 0 fully saturated rings. The third-order valence-corrected chi connectivity index (χ3v) is 6.40. The first-order valence-electron chi connectivity index (χ1n) is 9.74. The number of hydrogen-bond donors (Lipinski definition) is 2. The summed E-state index contributed by atoms with van der Waals surface area (Å²) in [6, 6.07) is 9.53. The van der Waals surface area contributed by atoms with Gasteiger partial charge in [0.15, 0.2) is 4.96 Å². The fourth-order valence-electron chi connectivity index (χ4n) is 4.25. The second kappa shape index (κ2) is 6.69. The fraction of sp³-hybridized carbons (Fsp3) is 0.0870. The Hall–Kier alpha value is -4.11. The number of benzene rings is 2. The molecule has 0 bridgehead atoms. The minimum atomic E-state index is -0.987. The van der Waals surface area contributed by atoms with E-state index in [1.165, 1.54) is 29.7 Å². The molecule has 0 radical (unpaired) electrons. The Kier molecular flexibility index (Phi) is 3.90. The van der Waals surface area contributed by atoms with E-state index in [4.69, 9.17) is 9.15 Å². The number of hydrogen-bond acceptors (Lipinski definition) is 7. The summed E-state index contributed by atoms with van der Waals surface area (Å²) in [5.74, 6) is -0.722. The molecule has 2 aromatic carbocycles. The lowest BCUT2D eigenvalue weighted by Gasteiger charge is -2.25. The molecule has 4 heterocycles. The highest BCUT2D eigenvalue weighted by atomic mass is 32.1. The molecule has 0 saturated carbocycles. The summed E-state index contributed by atoms with van der Waals surface area (Å²) >= 11 is 1.42. The predicted octanol–water partition coefficient (Wildman–Crippen LogP) is 4.59. The highest BCUT2D eigenvalue weighted by Crippen LogP contribution is 2.48. The number of carboxylic acid groups (broad SMARTS) is 1. The molecule has 0 spiro atoms. The zero-order chi connectivity index (χ0) is 22.0. The van der Waals surface area contributed by atoms with Crippen molar-refractivity contribution in [2.75, 3.05) is 0 Å². The number of nitrogens with zero attached hydrogens (tertiary/aromatic N) is 2. The number of fused-ring (bicyclic) bond motifs is 6. The van der Waals surface area contributed by atoms with Crippen LogP contribution in [0.15, 0.2) is 63.4 Å². The van der Waals surface area contributed by atoms with Crippen LogP contribution in [0.25, 0.3) is 27.1 Å². The summed E-state index contributed by atoms with van der Waals surface area (Å²) in [5.41, 5.74) is 2.11. The zero-order valence-electron chi connectivity index (χ0n) is 16.3. The molecular formula is C23H14N2O6S. The number of rotatable bonds is 3. The number of phenolic OH excluding ortho intramolecular Hbond substituents is 1. The molecule has 0 amide bonds. The van der Waals surface area contributed by atoms with E-state index in [9.17, 15) is 19.8 Å². The molecule has 1 aliphatic rings. The molecule has 1 aliphatic heterocycles. The maximum Gasteiger partial charge on any atom is 0.304 e. The van der Waals surface area contributed by atoms with Crippen LogP contribution in [-0.4, -0.2) is 25.6 Å². The molecular weight excluding hydrogens is 432 g/mol. The number of phenols is 1. The largest absolute Gasteiger partial charge is 0.508 e. The van der Waals surface area contributed by atoms with E-state index in [0.29, 0.717) is 44.4 Å². The Balaban J connectivity index is 1.60. The van der Waals surface area contributed by atoms with E-state index in [0.717, 1.165) is 0 Å². The molecule has 1 atom stereocenters. The van der Waals surface area contributed by atoms with Gasteiger partial charge in [0, 0.05) is 23.1 Å². The minimum absolute atomic E-state index is 0.0954. The second-order valence-corrected chi connectivity index (χ2v) is 8.36. The fourth-order valence-corrected chi connectivity index (χ4v) is 4.97. The van der Waals surface area contributed by atoms with Crippen molar-refractivity contribution in [3.05, 3.63) is 75.7 Å². The third kappa shape index (κ3) is 2.64. The van der Waals surface area contributed by atoms with Gasteiger partial charge in [-0.25, -0.2) is 0 Å². The maximum absolute atomic E-state index is 13.3. The van der Waals surface area contributed by atoms with E-state index in [2.05, 4.69) is 4.98 Å². The standard InChI is InChI=1S/C23H14N2O6S/c26-12-3-1-11(2-4-12)15-10-30-21-13(20(15)29)5-6-16-18(21)14(9-17(27)28)19-22(31-16)24-23-25(19)7-8-32-23/h1-8,10,14,26H,9H2,(H,27,28)/t14-/m0/s1. The van der Waals surface area contributed by atoms with Crippen molar-refractivity contribution in [1.82, 2.24) is 9.38 Å². The average Bonchev–Trinajstić information content (AvgIpc) is 3.35. The molecule has 3 aromatic heterocycles. The second-order valence-electron chi connectivity index (χ2n) is 7.49. The number of imidazole rings is 1. The maximum atomic E-state index is 13.3. The van der Waals surface area contributed by atoms with Crippen molar-refractivity contribution < 1.29 is 24.2 Å². The Morgan fingerprint density at radius 1 is 1.19 bits per heavy atom. The molecule has 8 nitrogen and oxygen atoms in total. The molecule has 0 saturated heterocycles. The lowest BCUT2D eigenvalue weighted by molar-refractivity contribution is -0.137. The molecule has 0 aliphatic carbocycles. The van der Waals surface area contributed by atoms with Gasteiger partial charge in [-0.05, 0) is 29.8 Å². The van der Waals surface area contributed by atoms with Crippen molar-refractivity contribution in [3.8, 4) is 28.5 Å². The van der Waals surface area contributed by atoms with Crippen LogP contribution in [0.4, 0.5) is 0 Å². The minimum Gasteiger partial charge on any atom is -0.508 e. The van der Waals surface area contributed by atoms with Gasteiger partial charge in [0.1, 0.15) is 23.3 Å². The monoisotopic (exact) mass is 446 g/mol. The van der Waals surface area contributed by atoms with Crippen LogP contribution in [0.1, 0.15) is 23.6 Å². The number of carbonyl (C=O) groups is 1. The number of ether oxygens (including phenoxy) is 1. The summed E-state index contributed by atoms with van der Waals surface area (Å²) in [6.45, 7) is 0. The van der Waals surface area contributed by atoms with Crippen LogP contribution in [0.3, 0.4) is 0 Å². The first-order chi connectivity index (χ1) is 15.5. The molecule has 158 valence electrons. The van der Waals surface area contributed by atoms with Gasteiger partial charge in [-0.2, -0.15) is 4.98 Å². The zero-order valence-corrected chi connectivity index (χ0v) is 17.1. The quantitative estimate of drug-likeness (QED) is 0.417. The van der Waals surface area contributed by atoms with Gasteiger partial charge in [0.25, 0.3) is 0 Å². The molecule has 5 aromatic rings. The van der Waals surface area contributed by atoms with Gasteiger partial charge in [0.2, 0.25) is 11.3 Å². The van der Waals surface area contributed by atoms with Crippen LogP contribution in [0, 0.1) is 0 Å². The van der Waals surface area contributed by atoms with Gasteiger partial charge < -0.3 is 19.4 Å². The van der Waals surface area contributed by atoms with E-state index in [1.54, 1.807) is 24.3 Å². The Labute approximate surface area is 183 Å². The Bertz CT molecular complexity index is 1600. The average molecular weight is 446 g/mol. The van der Waals surface area contributed by atoms with E-state index in [1.807, 2.05) is 16.0 Å². The topological polar surface area (TPSA) is 114 Å². The number of aliphatic carboxylic acids is 1. The van der Waals surface area contributed by atoms with E-state index >= 15 is 0 Å². The van der Waals surface area contributed by atoms with Gasteiger partial charge in [-0.1, -0.05) is 12.1 Å². The summed E-state index contributed by atoms with van der Waals surface area (Å²) in [4.78, 5) is 30.2. The van der Waals surface area contributed by atoms with Crippen molar-refractivity contribution in [2.45, 2.75) is 12.3 Å². The lowest BCUT2D eigenvalue weighted by atomic mass is 9.88. The van der Waals surface area contributed by atoms with Gasteiger partial charge >= 0.3 is 5.97 Å². The SMILES string of the molecule is O=C(O)C[C@H]1c2c(ccc3c(=O)c(-c4ccc(O)cc4)coc23)Oc2nc3sccn3c21. The van der Waals surface area contributed by atoms with Crippen molar-refractivity contribution in [3.63, 3.8) is 0 Å². The van der Waals surface area contributed by atoms with Gasteiger partial charge in [-0.3, -0.25) is 14.0 Å². The van der Waals surface area contributed by atoms with Crippen LogP contribution in [0.2, 0.25) is 0 Å². The lowest BCUT2D eigenvalue weighted by Crippen LogP contribution is -2.17. The van der Waals surface area contributed by atoms with Crippen LogP contribution in [-0.2, 0) is 4.79 Å². The van der Waals surface area contributed by atoms with Gasteiger partial charge in [0.05, 0.1) is 23.1 Å². The first-order valence-corrected chi connectivity index (χ1v) is 10.6. The van der Waals surface area contributed by atoms with Crippen molar-refractivity contribution in [2.24, 2.45) is 0 Å². The number of aromatic hydroxyl groups is 1. The van der Waals surface area contributed by atoms with Gasteiger partial charge in [-0.15, -0.1) is 11.3 Å². The smallest absolute Gasteiger partial charge is 0.304 e. The summed E-state index contributed by atoms with van der Waals surface area (Å²) in [6.07, 6.45) is 2.97. The Morgan fingerprint density at radius 2 is 2.00 bits per heavy atom. The summed E-state index contributed by atoms with van der Waals surface area (Å²) in [5, 5.41) is 21.4. The highest BCUT2D eigenvalue weighted by molar-refractivity contribution is 7.15. The van der Waals surface area contributed by atoms with Crippen LogP contribution >= 0.6 is 11.3 Å². The Morgan fingerprint density at radius 3 is 2.78 bits per heavy atom. The number of thiazole rings is 1. The van der Waals surface area contributed by atoms with Crippen molar-refractivity contribution >= 4 is 33.2 Å². The first kappa shape index (κ1) is 18.6. The molecule has 32 heavy (non-hydrogen) atoms. The molecule has 6 rings (SSSR count). The summed E-state index contributed by atoms with van der Waals surface area (Å²) < 4.78 is 13.8. The number of aromatic nitrogens is 2.